The summed E-state index contributed by atoms with van der Waals surface area (Å²) in [6.07, 6.45) is 0. The molecule has 90 valence electrons. The van der Waals surface area contributed by atoms with E-state index in [1.54, 1.807) is 24.3 Å². The van der Waals surface area contributed by atoms with E-state index in [2.05, 4.69) is 10.2 Å². The second-order valence-electron chi connectivity index (χ2n) is 3.90. The number of fused-ring (bicyclic) bond motifs is 2. The number of rotatable bonds is 0. The Balaban J connectivity index is 2.81. The minimum absolute atomic E-state index is 0.213. The Kier molecular flexibility index (Phi) is 1.94. The van der Waals surface area contributed by atoms with Crippen LogP contribution in [0.4, 0.5) is 0 Å². The van der Waals surface area contributed by atoms with Gasteiger partial charge in [-0.15, -0.1) is 0 Å². The fourth-order valence-corrected chi connectivity index (χ4v) is 2.08. The zero-order valence-electron chi connectivity index (χ0n) is 9.02. The Labute approximate surface area is 99.1 Å². The summed E-state index contributed by atoms with van der Waals surface area (Å²) in [5, 5.41) is 24.5. The summed E-state index contributed by atoms with van der Waals surface area (Å²) in [4.78, 5) is 23.3. The van der Waals surface area contributed by atoms with Gasteiger partial charge < -0.3 is 10.2 Å². The molecule has 1 aromatic heterocycles. The van der Waals surface area contributed by atoms with Gasteiger partial charge in [0, 0.05) is 10.8 Å². The minimum Gasteiger partial charge on any atom is -0.506 e. The van der Waals surface area contributed by atoms with Gasteiger partial charge in [-0.2, -0.15) is 0 Å². The van der Waals surface area contributed by atoms with Crippen molar-refractivity contribution in [3.05, 3.63) is 45.0 Å². The smallest absolute Gasteiger partial charge is 0.274 e. The van der Waals surface area contributed by atoms with E-state index in [1.807, 2.05) is 0 Å². The molecule has 0 aliphatic heterocycles. The van der Waals surface area contributed by atoms with Gasteiger partial charge >= 0.3 is 0 Å². The maximum absolute atomic E-state index is 11.7. The Morgan fingerprint density at radius 1 is 0.778 bits per heavy atom. The van der Waals surface area contributed by atoms with Crippen molar-refractivity contribution in [1.29, 1.82) is 0 Å². The van der Waals surface area contributed by atoms with Crippen LogP contribution in [0.15, 0.2) is 33.9 Å². The minimum atomic E-state index is -0.664. The molecule has 3 rings (SSSR count). The lowest BCUT2D eigenvalue weighted by molar-refractivity contribution is 0.477. The Bertz CT molecular complexity index is 818. The van der Waals surface area contributed by atoms with E-state index in [-0.39, 0.29) is 22.3 Å². The van der Waals surface area contributed by atoms with Gasteiger partial charge in [0.15, 0.2) is 0 Å². The normalized spacial score (nSPS) is 11.1. The topological polar surface area (TPSA) is 106 Å². The molecule has 0 aliphatic rings. The molecule has 1 heterocycles. The first-order valence-corrected chi connectivity index (χ1v) is 5.18. The SMILES string of the molecule is O=c1[nH][nH]c(=O)c2c(O)c3ccccc3c(O)c12. The van der Waals surface area contributed by atoms with Gasteiger partial charge in [0.2, 0.25) is 0 Å². The van der Waals surface area contributed by atoms with E-state index in [0.717, 1.165) is 0 Å². The molecule has 0 bridgehead atoms. The summed E-state index contributed by atoms with van der Waals surface area (Å²) in [6.45, 7) is 0. The van der Waals surface area contributed by atoms with E-state index < -0.39 is 11.1 Å². The number of benzene rings is 2. The summed E-state index contributed by atoms with van der Waals surface area (Å²) >= 11 is 0. The van der Waals surface area contributed by atoms with Crippen LogP contribution in [0, 0.1) is 0 Å². The number of hydrogen-bond acceptors (Lipinski definition) is 4. The fourth-order valence-electron chi connectivity index (χ4n) is 2.08. The molecule has 2 aromatic carbocycles. The third-order valence-corrected chi connectivity index (χ3v) is 2.90. The highest BCUT2D eigenvalue weighted by atomic mass is 16.3. The van der Waals surface area contributed by atoms with Crippen LogP contribution in [0.25, 0.3) is 21.5 Å². The van der Waals surface area contributed by atoms with Gasteiger partial charge in [0.1, 0.15) is 22.3 Å². The van der Waals surface area contributed by atoms with E-state index in [4.69, 9.17) is 0 Å². The standard InChI is InChI=1S/C12H8N2O4/c15-9-5-3-1-2-4-6(5)10(16)8-7(9)11(17)13-14-12(8)18/h1-4,15-16H,(H,13,17)(H,14,18). The molecule has 4 N–H and O–H groups in total. The molecular weight excluding hydrogens is 236 g/mol. The van der Waals surface area contributed by atoms with Crippen LogP contribution >= 0.6 is 0 Å². The number of aromatic nitrogens is 2. The number of nitrogens with one attached hydrogen (secondary N) is 2. The molecule has 3 aromatic rings. The van der Waals surface area contributed by atoms with E-state index in [9.17, 15) is 19.8 Å². The predicted molar refractivity (Wildman–Crippen MR) is 66.0 cm³/mol. The zero-order chi connectivity index (χ0) is 12.9. The van der Waals surface area contributed by atoms with Crippen LogP contribution in [0.3, 0.4) is 0 Å². The molecule has 0 atom stereocenters. The molecule has 6 heteroatoms. The summed E-state index contributed by atoms with van der Waals surface area (Å²) < 4.78 is 0. The fraction of sp³-hybridized carbons (Fsp3) is 0. The molecule has 6 nitrogen and oxygen atoms in total. The zero-order valence-corrected chi connectivity index (χ0v) is 9.02. The number of aromatic amines is 2. The van der Waals surface area contributed by atoms with Crippen molar-refractivity contribution in [2.75, 3.05) is 0 Å². The van der Waals surface area contributed by atoms with Crippen LogP contribution in [0.5, 0.6) is 11.5 Å². The summed E-state index contributed by atoms with van der Waals surface area (Å²) in [5.74, 6) is -0.628. The average molecular weight is 244 g/mol. The van der Waals surface area contributed by atoms with Crippen LogP contribution in [0.2, 0.25) is 0 Å². The lowest BCUT2D eigenvalue weighted by atomic mass is 10.0. The van der Waals surface area contributed by atoms with Gasteiger partial charge in [-0.25, -0.2) is 0 Å². The number of hydrogen-bond donors (Lipinski definition) is 4. The third-order valence-electron chi connectivity index (χ3n) is 2.90. The summed E-state index contributed by atoms with van der Waals surface area (Å²) in [7, 11) is 0. The average Bonchev–Trinajstić information content (AvgIpc) is 2.38. The summed E-state index contributed by atoms with van der Waals surface area (Å²) in [6, 6.07) is 6.44. The Morgan fingerprint density at radius 2 is 1.17 bits per heavy atom. The predicted octanol–water partition coefficient (Wildman–Crippen LogP) is 0.781. The van der Waals surface area contributed by atoms with Crippen LogP contribution < -0.4 is 11.1 Å². The van der Waals surface area contributed by atoms with Crippen molar-refractivity contribution in [3.63, 3.8) is 0 Å². The lowest BCUT2D eigenvalue weighted by Crippen LogP contribution is -2.19. The molecule has 0 unspecified atom stereocenters. The highest BCUT2D eigenvalue weighted by Gasteiger charge is 2.17. The molecular formula is C12H8N2O4. The van der Waals surface area contributed by atoms with Crippen LogP contribution in [-0.4, -0.2) is 20.4 Å². The first-order chi connectivity index (χ1) is 8.61. The second kappa shape index (κ2) is 3.36. The molecule has 0 aliphatic carbocycles. The number of H-pyrrole nitrogens is 2. The van der Waals surface area contributed by atoms with Crippen molar-refractivity contribution in [1.82, 2.24) is 10.2 Å². The van der Waals surface area contributed by atoms with E-state index in [0.29, 0.717) is 10.8 Å². The maximum Gasteiger partial charge on any atom is 0.274 e. The number of phenolic OH excluding ortho intramolecular Hbond substituents is 2. The molecule has 0 radical (unpaired) electrons. The number of aromatic hydroxyl groups is 2. The number of phenols is 2. The van der Waals surface area contributed by atoms with Gasteiger partial charge in [-0.3, -0.25) is 19.8 Å². The maximum atomic E-state index is 11.7. The third kappa shape index (κ3) is 1.17. The van der Waals surface area contributed by atoms with E-state index in [1.165, 1.54) is 0 Å². The largest absolute Gasteiger partial charge is 0.506 e. The molecule has 0 amide bonds. The first-order valence-electron chi connectivity index (χ1n) is 5.18. The van der Waals surface area contributed by atoms with Crippen molar-refractivity contribution >= 4 is 21.5 Å². The lowest BCUT2D eigenvalue weighted by Gasteiger charge is -2.07. The van der Waals surface area contributed by atoms with E-state index >= 15 is 0 Å². The first kappa shape index (κ1) is 10.4. The molecule has 0 saturated carbocycles. The highest BCUT2D eigenvalue weighted by Crippen LogP contribution is 2.37. The highest BCUT2D eigenvalue weighted by molar-refractivity contribution is 6.09. The molecule has 18 heavy (non-hydrogen) atoms. The van der Waals surface area contributed by atoms with Crippen LogP contribution in [-0.2, 0) is 0 Å². The molecule has 0 spiro atoms. The quantitative estimate of drug-likeness (QED) is 0.346. The van der Waals surface area contributed by atoms with Gasteiger partial charge in [-0.05, 0) is 0 Å². The van der Waals surface area contributed by atoms with Gasteiger partial charge in [0.25, 0.3) is 11.1 Å². The molecule has 0 saturated heterocycles. The van der Waals surface area contributed by atoms with Gasteiger partial charge in [-0.1, -0.05) is 24.3 Å². The van der Waals surface area contributed by atoms with Crippen molar-refractivity contribution < 1.29 is 10.2 Å². The second-order valence-corrected chi connectivity index (χ2v) is 3.90. The Morgan fingerprint density at radius 3 is 1.56 bits per heavy atom. The monoisotopic (exact) mass is 244 g/mol. The van der Waals surface area contributed by atoms with Crippen molar-refractivity contribution in [2.45, 2.75) is 0 Å². The summed E-state index contributed by atoms with van der Waals surface area (Å²) in [5.41, 5.74) is -1.33. The van der Waals surface area contributed by atoms with Gasteiger partial charge in [0.05, 0.1) is 0 Å². The molecule has 0 fully saturated rings. The Hall–Kier alpha value is -2.76. The van der Waals surface area contributed by atoms with Crippen LogP contribution in [0.1, 0.15) is 0 Å². The van der Waals surface area contributed by atoms with Crippen molar-refractivity contribution in [2.24, 2.45) is 0 Å². The van der Waals surface area contributed by atoms with Crippen molar-refractivity contribution in [3.8, 4) is 11.5 Å².